The minimum absolute atomic E-state index is 0.686. The van der Waals surface area contributed by atoms with Crippen molar-refractivity contribution in [2.24, 2.45) is 0 Å². The van der Waals surface area contributed by atoms with Crippen LogP contribution in [-0.4, -0.2) is 21.7 Å². The van der Waals surface area contributed by atoms with Crippen LogP contribution >= 0.6 is 15.9 Å². The highest BCUT2D eigenvalue weighted by molar-refractivity contribution is 9.10. The Morgan fingerprint density at radius 1 is 1.21 bits per heavy atom. The Morgan fingerprint density at radius 2 is 2.05 bits per heavy atom. The first kappa shape index (κ1) is 12.2. The van der Waals surface area contributed by atoms with Gasteiger partial charge in [-0.15, -0.1) is 5.10 Å². The lowest BCUT2D eigenvalue weighted by Crippen LogP contribution is -1.93. The van der Waals surface area contributed by atoms with Gasteiger partial charge in [0.15, 0.2) is 11.5 Å². The summed E-state index contributed by atoms with van der Waals surface area (Å²) in [5.74, 6) is 1.64. The number of methoxy groups -OCH3 is 1. The molecular weight excluding hydrogens is 306 g/mol. The van der Waals surface area contributed by atoms with E-state index in [0.717, 1.165) is 27.4 Å². The normalized spacial score (nSPS) is 10.8. The van der Waals surface area contributed by atoms with E-state index in [-0.39, 0.29) is 0 Å². The number of rotatable bonds is 3. The van der Waals surface area contributed by atoms with Crippen molar-refractivity contribution in [2.45, 2.75) is 6.42 Å². The molecular formula is C14H12BrN3O. The summed E-state index contributed by atoms with van der Waals surface area (Å²) in [6.07, 6.45) is 0.686. The van der Waals surface area contributed by atoms with Crippen molar-refractivity contribution in [1.29, 1.82) is 0 Å². The standard InChI is InChI=1S/C14H12BrN3O/c1-19-11-5-2-4-10(8-11)9-13-16-14-7-3-6-12(15)18(14)17-13/h2-8H,9H2,1H3. The van der Waals surface area contributed by atoms with Crippen LogP contribution in [0.3, 0.4) is 0 Å². The lowest BCUT2D eigenvalue weighted by molar-refractivity contribution is 0.414. The van der Waals surface area contributed by atoms with Crippen LogP contribution in [0.15, 0.2) is 47.1 Å². The molecule has 19 heavy (non-hydrogen) atoms. The minimum Gasteiger partial charge on any atom is -0.497 e. The number of aromatic nitrogens is 3. The minimum atomic E-state index is 0.686. The average Bonchev–Trinajstić information content (AvgIpc) is 2.83. The highest BCUT2D eigenvalue weighted by Crippen LogP contribution is 2.16. The second-order valence-corrected chi connectivity index (χ2v) is 4.99. The van der Waals surface area contributed by atoms with Crippen molar-refractivity contribution in [2.75, 3.05) is 7.11 Å². The van der Waals surface area contributed by atoms with Crippen molar-refractivity contribution in [3.05, 3.63) is 58.5 Å². The molecule has 1 aromatic carbocycles. The highest BCUT2D eigenvalue weighted by Gasteiger charge is 2.07. The smallest absolute Gasteiger partial charge is 0.156 e. The van der Waals surface area contributed by atoms with E-state index in [9.17, 15) is 0 Å². The first-order valence-corrected chi connectivity index (χ1v) is 6.68. The molecule has 4 nitrogen and oxygen atoms in total. The largest absolute Gasteiger partial charge is 0.497 e. The SMILES string of the molecule is COc1cccc(Cc2nc3cccc(Br)n3n2)c1. The van der Waals surface area contributed by atoms with Crippen molar-refractivity contribution < 1.29 is 4.74 Å². The van der Waals surface area contributed by atoms with Gasteiger partial charge in [0, 0.05) is 6.42 Å². The van der Waals surface area contributed by atoms with Gasteiger partial charge >= 0.3 is 0 Å². The summed E-state index contributed by atoms with van der Waals surface area (Å²) >= 11 is 3.46. The Labute approximate surface area is 119 Å². The number of nitrogens with zero attached hydrogens (tertiary/aromatic N) is 3. The summed E-state index contributed by atoms with van der Waals surface area (Å²) in [4.78, 5) is 4.51. The molecule has 0 unspecified atom stereocenters. The third kappa shape index (κ3) is 2.46. The second-order valence-electron chi connectivity index (χ2n) is 4.17. The molecule has 5 heteroatoms. The molecule has 0 aliphatic rings. The Hall–Kier alpha value is -1.88. The first-order valence-electron chi connectivity index (χ1n) is 5.89. The van der Waals surface area contributed by atoms with E-state index < -0.39 is 0 Å². The number of hydrogen-bond acceptors (Lipinski definition) is 3. The number of fused-ring (bicyclic) bond motifs is 1. The summed E-state index contributed by atoms with van der Waals surface area (Å²) in [7, 11) is 1.67. The van der Waals surface area contributed by atoms with Gasteiger partial charge < -0.3 is 4.74 Å². The van der Waals surface area contributed by atoms with E-state index >= 15 is 0 Å². The van der Waals surface area contributed by atoms with Crippen LogP contribution in [0.4, 0.5) is 0 Å². The van der Waals surface area contributed by atoms with Gasteiger partial charge in [0.2, 0.25) is 0 Å². The van der Waals surface area contributed by atoms with Crippen molar-refractivity contribution in [3.8, 4) is 5.75 Å². The molecule has 0 atom stereocenters. The summed E-state index contributed by atoms with van der Waals surface area (Å²) < 4.78 is 7.90. The molecule has 0 saturated heterocycles. The molecule has 0 N–H and O–H groups in total. The third-order valence-electron chi connectivity index (χ3n) is 2.85. The zero-order valence-corrected chi connectivity index (χ0v) is 12.0. The quantitative estimate of drug-likeness (QED) is 0.697. The molecule has 0 spiro atoms. The van der Waals surface area contributed by atoms with Crippen LogP contribution in [0.1, 0.15) is 11.4 Å². The number of hydrogen-bond donors (Lipinski definition) is 0. The molecule has 96 valence electrons. The topological polar surface area (TPSA) is 39.4 Å². The third-order valence-corrected chi connectivity index (χ3v) is 3.45. The summed E-state index contributed by atoms with van der Waals surface area (Å²) in [6, 6.07) is 13.8. The zero-order valence-electron chi connectivity index (χ0n) is 10.4. The maximum atomic E-state index is 5.22. The fourth-order valence-electron chi connectivity index (χ4n) is 1.96. The summed E-state index contributed by atoms with van der Waals surface area (Å²) in [6.45, 7) is 0. The fourth-order valence-corrected chi connectivity index (χ4v) is 2.37. The van der Waals surface area contributed by atoms with E-state index in [0.29, 0.717) is 6.42 Å². The molecule has 0 aliphatic heterocycles. The Bertz CT molecular complexity index is 724. The van der Waals surface area contributed by atoms with Gasteiger partial charge in [-0.25, -0.2) is 9.50 Å². The zero-order chi connectivity index (χ0) is 13.2. The molecule has 3 aromatic rings. The van der Waals surface area contributed by atoms with Gasteiger partial charge in [-0.1, -0.05) is 18.2 Å². The monoisotopic (exact) mass is 317 g/mol. The molecule has 0 saturated carbocycles. The molecule has 0 radical (unpaired) electrons. The summed E-state index contributed by atoms with van der Waals surface area (Å²) in [5, 5.41) is 4.48. The lowest BCUT2D eigenvalue weighted by atomic mass is 10.1. The van der Waals surface area contributed by atoms with Crippen LogP contribution in [0, 0.1) is 0 Å². The fraction of sp³-hybridized carbons (Fsp3) is 0.143. The average molecular weight is 318 g/mol. The first-order chi connectivity index (χ1) is 9.26. The van der Waals surface area contributed by atoms with E-state index in [1.54, 1.807) is 11.6 Å². The molecule has 0 amide bonds. The number of halogens is 1. The molecule has 0 fully saturated rings. The van der Waals surface area contributed by atoms with Crippen LogP contribution < -0.4 is 4.74 Å². The van der Waals surface area contributed by atoms with E-state index in [1.807, 2.05) is 42.5 Å². The van der Waals surface area contributed by atoms with Crippen molar-refractivity contribution >= 4 is 21.6 Å². The predicted octanol–water partition coefficient (Wildman–Crippen LogP) is 3.09. The van der Waals surface area contributed by atoms with Crippen LogP contribution in [-0.2, 0) is 6.42 Å². The van der Waals surface area contributed by atoms with Crippen LogP contribution in [0.5, 0.6) is 5.75 Å². The Kier molecular flexibility index (Phi) is 3.21. The maximum absolute atomic E-state index is 5.22. The Morgan fingerprint density at radius 3 is 2.84 bits per heavy atom. The van der Waals surface area contributed by atoms with Gasteiger partial charge in [-0.05, 0) is 45.8 Å². The molecule has 0 bridgehead atoms. The van der Waals surface area contributed by atoms with Gasteiger partial charge in [-0.3, -0.25) is 0 Å². The predicted molar refractivity (Wildman–Crippen MR) is 76.5 cm³/mol. The van der Waals surface area contributed by atoms with Crippen LogP contribution in [0.25, 0.3) is 5.65 Å². The number of pyridine rings is 1. The highest BCUT2D eigenvalue weighted by atomic mass is 79.9. The van der Waals surface area contributed by atoms with Crippen molar-refractivity contribution in [3.63, 3.8) is 0 Å². The second kappa shape index (κ2) is 5.01. The maximum Gasteiger partial charge on any atom is 0.156 e. The van der Waals surface area contributed by atoms with Crippen LogP contribution in [0.2, 0.25) is 0 Å². The van der Waals surface area contributed by atoms with E-state index in [2.05, 4.69) is 26.0 Å². The van der Waals surface area contributed by atoms with Crippen molar-refractivity contribution in [1.82, 2.24) is 14.6 Å². The molecule has 3 rings (SSSR count). The van der Waals surface area contributed by atoms with E-state index in [4.69, 9.17) is 4.74 Å². The van der Waals surface area contributed by atoms with Gasteiger partial charge in [0.25, 0.3) is 0 Å². The Balaban J connectivity index is 1.94. The number of benzene rings is 1. The van der Waals surface area contributed by atoms with Gasteiger partial charge in [-0.2, -0.15) is 0 Å². The van der Waals surface area contributed by atoms with E-state index in [1.165, 1.54) is 0 Å². The van der Waals surface area contributed by atoms with Gasteiger partial charge in [0.05, 0.1) is 7.11 Å². The molecule has 2 heterocycles. The molecule has 0 aliphatic carbocycles. The van der Waals surface area contributed by atoms with Gasteiger partial charge in [0.1, 0.15) is 10.4 Å². The lowest BCUT2D eigenvalue weighted by Gasteiger charge is -2.01. The molecule has 2 aromatic heterocycles. The number of ether oxygens (including phenoxy) is 1. The summed E-state index contributed by atoms with van der Waals surface area (Å²) in [5.41, 5.74) is 1.97.